The number of nitrogens with zero attached hydrogens (tertiary/aromatic N) is 6. The molecule has 8 nitrogen and oxygen atoms in total. The highest BCUT2D eigenvalue weighted by atomic mass is 16.3. The van der Waals surface area contributed by atoms with E-state index in [9.17, 15) is 5.11 Å². The van der Waals surface area contributed by atoms with Gasteiger partial charge in [-0.3, -0.25) is 9.36 Å². The number of aliphatic hydroxyl groups excluding tert-OH is 1. The minimum absolute atomic E-state index is 0.102. The molecule has 0 spiro atoms. The van der Waals surface area contributed by atoms with Crippen LogP contribution in [-0.4, -0.2) is 46.4 Å². The fourth-order valence-electron chi connectivity index (χ4n) is 3.87. The van der Waals surface area contributed by atoms with Gasteiger partial charge in [-0.25, -0.2) is 4.98 Å². The Morgan fingerprint density at radius 1 is 1.23 bits per heavy atom. The van der Waals surface area contributed by atoms with Crippen molar-refractivity contribution in [1.82, 2.24) is 34.4 Å². The van der Waals surface area contributed by atoms with Gasteiger partial charge >= 0.3 is 0 Å². The normalized spacial score (nSPS) is 23.0. The Kier molecular flexibility index (Phi) is 4.60. The van der Waals surface area contributed by atoms with Crippen LogP contribution in [0.2, 0.25) is 0 Å². The van der Waals surface area contributed by atoms with Gasteiger partial charge in [0.25, 0.3) is 0 Å². The second-order valence-electron chi connectivity index (χ2n) is 7.23. The molecule has 0 bridgehead atoms. The van der Waals surface area contributed by atoms with Crippen LogP contribution < -0.4 is 5.32 Å². The summed E-state index contributed by atoms with van der Waals surface area (Å²) in [4.78, 5) is 4.09. The molecule has 3 atom stereocenters. The first-order chi connectivity index (χ1) is 12.6. The van der Waals surface area contributed by atoms with Crippen molar-refractivity contribution < 1.29 is 5.11 Å². The summed E-state index contributed by atoms with van der Waals surface area (Å²) in [6.45, 7) is 1.58. The van der Waals surface area contributed by atoms with Gasteiger partial charge in [-0.15, -0.1) is 0 Å². The van der Waals surface area contributed by atoms with E-state index in [1.165, 1.54) is 0 Å². The number of aromatic nitrogens is 6. The number of aryl methyl sites for hydroxylation is 2. The lowest BCUT2D eigenvalue weighted by atomic mass is 10.1. The largest absolute Gasteiger partial charge is 0.391 e. The topological polar surface area (TPSA) is 85.7 Å². The summed E-state index contributed by atoms with van der Waals surface area (Å²) in [6, 6.07) is 0.102. The summed E-state index contributed by atoms with van der Waals surface area (Å²) >= 11 is 0. The number of imidazole rings is 1. The third-order valence-corrected chi connectivity index (χ3v) is 5.09. The highest BCUT2D eigenvalue weighted by Crippen LogP contribution is 2.28. The van der Waals surface area contributed by atoms with Crippen LogP contribution in [0.3, 0.4) is 0 Å². The zero-order valence-electron chi connectivity index (χ0n) is 15.2. The molecule has 1 fully saturated rings. The molecule has 1 saturated carbocycles. The second-order valence-corrected chi connectivity index (χ2v) is 7.23. The number of rotatable bonds is 6. The van der Waals surface area contributed by atoms with Crippen molar-refractivity contribution in [2.45, 2.75) is 38.1 Å². The zero-order chi connectivity index (χ0) is 18.1. The maximum Gasteiger partial charge on any atom is 0.0999 e. The van der Waals surface area contributed by atoms with Gasteiger partial charge in [0, 0.05) is 69.1 Å². The average Bonchev–Trinajstić information content (AvgIpc) is 3.36. The predicted octanol–water partition coefficient (Wildman–Crippen LogP) is 0.946. The van der Waals surface area contributed by atoms with E-state index in [1.807, 2.05) is 49.9 Å². The summed E-state index contributed by atoms with van der Waals surface area (Å²) in [7, 11) is 3.83. The Balaban J connectivity index is 1.40. The van der Waals surface area contributed by atoms with Gasteiger partial charge in [-0.2, -0.15) is 10.2 Å². The Bertz CT molecular complexity index is 851. The average molecular weight is 355 g/mol. The summed E-state index contributed by atoms with van der Waals surface area (Å²) in [5.74, 6) is 0.461. The van der Waals surface area contributed by atoms with E-state index in [-0.39, 0.29) is 12.1 Å². The molecule has 0 saturated heterocycles. The molecule has 0 aromatic carbocycles. The molecule has 3 aromatic rings. The molecule has 8 heteroatoms. The lowest BCUT2D eigenvalue weighted by Crippen LogP contribution is -2.35. The van der Waals surface area contributed by atoms with E-state index in [2.05, 4.69) is 25.1 Å². The molecule has 1 aliphatic rings. The molecule has 1 aliphatic carbocycles. The lowest BCUT2D eigenvalue weighted by molar-refractivity contribution is 0.145. The van der Waals surface area contributed by atoms with Crippen molar-refractivity contribution in [2.24, 2.45) is 20.0 Å². The van der Waals surface area contributed by atoms with Crippen molar-refractivity contribution in [3.63, 3.8) is 0 Å². The number of hydrogen-bond donors (Lipinski definition) is 2. The first kappa shape index (κ1) is 17.0. The number of hydrogen-bond acceptors (Lipinski definition) is 5. The highest BCUT2D eigenvalue weighted by molar-refractivity contribution is 5.60. The van der Waals surface area contributed by atoms with Crippen molar-refractivity contribution in [3.05, 3.63) is 42.9 Å². The zero-order valence-corrected chi connectivity index (χ0v) is 15.2. The van der Waals surface area contributed by atoms with Crippen LogP contribution in [0.1, 0.15) is 18.4 Å². The SMILES string of the molecule is Cn1cc(-c2nn(C)cc2CN[C@@H]2CC(Cn3ccnc3)C[C@H]2O)cn1. The van der Waals surface area contributed by atoms with Crippen molar-refractivity contribution in [2.75, 3.05) is 0 Å². The van der Waals surface area contributed by atoms with E-state index in [0.29, 0.717) is 12.5 Å². The van der Waals surface area contributed by atoms with E-state index < -0.39 is 0 Å². The maximum absolute atomic E-state index is 10.4. The van der Waals surface area contributed by atoms with E-state index in [0.717, 1.165) is 36.2 Å². The minimum Gasteiger partial charge on any atom is -0.391 e. The highest BCUT2D eigenvalue weighted by Gasteiger charge is 2.32. The Morgan fingerprint density at radius 3 is 2.85 bits per heavy atom. The standard InChI is InChI=1S/C18H25N7O/c1-23-10-15(8-21-23)18-14(11-24(2)22-18)7-20-16-5-13(6-17(16)26)9-25-4-3-19-12-25/h3-4,8,10-13,16-17,20,26H,5-7,9H2,1-2H3/t13?,16-,17-/m1/s1. The van der Waals surface area contributed by atoms with Crippen LogP contribution in [-0.2, 0) is 27.2 Å². The summed E-state index contributed by atoms with van der Waals surface area (Å²) in [5.41, 5.74) is 3.07. The van der Waals surface area contributed by atoms with E-state index in [4.69, 9.17) is 0 Å². The van der Waals surface area contributed by atoms with Gasteiger partial charge in [0.1, 0.15) is 0 Å². The van der Waals surface area contributed by atoms with E-state index >= 15 is 0 Å². The summed E-state index contributed by atoms with van der Waals surface area (Å²) in [5, 5.41) is 22.8. The summed E-state index contributed by atoms with van der Waals surface area (Å²) in [6.07, 6.45) is 12.9. The van der Waals surface area contributed by atoms with Crippen LogP contribution in [0, 0.1) is 5.92 Å². The smallest absolute Gasteiger partial charge is 0.0999 e. The van der Waals surface area contributed by atoms with Crippen LogP contribution in [0.4, 0.5) is 0 Å². The second kappa shape index (κ2) is 7.05. The first-order valence-corrected chi connectivity index (χ1v) is 8.97. The minimum atomic E-state index is -0.318. The fourth-order valence-corrected chi connectivity index (χ4v) is 3.87. The summed E-state index contributed by atoms with van der Waals surface area (Å²) < 4.78 is 5.69. The molecule has 0 amide bonds. The Morgan fingerprint density at radius 2 is 2.12 bits per heavy atom. The first-order valence-electron chi connectivity index (χ1n) is 8.97. The van der Waals surface area contributed by atoms with Gasteiger partial charge in [-0.05, 0) is 18.8 Å². The van der Waals surface area contributed by atoms with Crippen LogP contribution in [0.15, 0.2) is 37.3 Å². The van der Waals surface area contributed by atoms with Crippen molar-refractivity contribution in [3.8, 4) is 11.3 Å². The van der Waals surface area contributed by atoms with E-state index in [1.54, 1.807) is 10.9 Å². The molecule has 26 heavy (non-hydrogen) atoms. The van der Waals surface area contributed by atoms with Crippen LogP contribution >= 0.6 is 0 Å². The van der Waals surface area contributed by atoms with Gasteiger partial charge in [0.05, 0.1) is 24.3 Å². The Labute approximate surface area is 152 Å². The lowest BCUT2D eigenvalue weighted by Gasteiger charge is -2.16. The molecule has 3 heterocycles. The monoisotopic (exact) mass is 355 g/mol. The van der Waals surface area contributed by atoms with Crippen molar-refractivity contribution >= 4 is 0 Å². The molecule has 2 N–H and O–H groups in total. The molecular weight excluding hydrogens is 330 g/mol. The number of aliphatic hydroxyl groups is 1. The molecular formula is C18H25N7O. The van der Waals surface area contributed by atoms with Crippen molar-refractivity contribution in [1.29, 1.82) is 0 Å². The quantitative estimate of drug-likeness (QED) is 0.687. The van der Waals surface area contributed by atoms with Gasteiger partial charge < -0.3 is 15.0 Å². The predicted molar refractivity (Wildman–Crippen MR) is 97.0 cm³/mol. The molecule has 1 unspecified atom stereocenters. The molecule has 138 valence electrons. The van der Waals surface area contributed by atoms with Gasteiger partial charge in [-0.1, -0.05) is 0 Å². The number of nitrogens with one attached hydrogen (secondary N) is 1. The molecule has 4 rings (SSSR count). The molecule has 3 aromatic heterocycles. The Hall–Kier alpha value is -2.45. The molecule has 0 aliphatic heterocycles. The van der Waals surface area contributed by atoms with Crippen LogP contribution in [0.5, 0.6) is 0 Å². The fraction of sp³-hybridized carbons (Fsp3) is 0.500. The van der Waals surface area contributed by atoms with Gasteiger partial charge in [0.15, 0.2) is 0 Å². The maximum atomic E-state index is 10.4. The third kappa shape index (κ3) is 3.56. The van der Waals surface area contributed by atoms with Gasteiger partial charge in [0.2, 0.25) is 0 Å². The molecule has 0 radical (unpaired) electrons. The third-order valence-electron chi connectivity index (χ3n) is 5.09. The van der Waals surface area contributed by atoms with Crippen LogP contribution in [0.25, 0.3) is 11.3 Å².